The van der Waals surface area contributed by atoms with Crippen LogP contribution in [0.5, 0.6) is 5.75 Å². The molecule has 0 unspecified atom stereocenters. The molecule has 1 aromatic rings. The van der Waals surface area contributed by atoms with Crippen molar-refractivity contribution in [3.05, 3.63) is 33.9 Å². The maximum Gasteiger partial charge on any atom is 0.274 e. The van der Waals surface area contributed by atoms with Crippen molar-refractivity contribution in [2.75, 3.05) is 26.2 Å². The molecule has 0 saturated carbocycles. The summed E-state index contributed by atoms with van der Waals surface area (Å²) in [6.45, 7) is 7.74. The molecule has 1 aliphatic rings. The lowest BCUT2D eigenvalue weighted by atomic mass is 9.93. The number of halogens is 2. The molecule has 1 heterocycles. The molecule has 6 nitrogen and oxygen atoms in total. The fourth-order valence-electron chi connectivity index (χ4n) is 2.89. The van der Waals surface area contributed by atoms with Crippen LogP contribution in [0.15, 0.2) is 18.2 Å². The SMILES string of the molecule is CC(C)C[C@@H](c1cc(O)ccc1[N+](=O)[O-])N1CCNCC1.Cl.Cl. The van der Waals surface area contributed by atoms with Gasteiger partial charge in [0, 0.05) is 38.3 Å². The van der Waals surface area contributed by atoms with E-state index >= 15 is 0 Å². The van der Waals surface area contributed by atoms with E-state index in [2.05, 4.69) is 24.1 Å². The summed E-state index contributed by atoms with van der Waals surface area (Å²) in [7, 11) is 0. The van der Waals surface area contributed by atoms with Gasteiger partial charge in [-0.3, -0.25) is 15.0 Å². The van der Waals surface area contributed by atoms with Crippen LogP contribution in [0.3, 0.4) is 0 Å². The van der Waals surface area contributed by atoms with Crippen LogP contribution in [-0.4, -0.2) is 41.1 Å². The Hall–Kier alpha value is -1.08. The predicted molar refractivity (Wildman–Crippen MR) is 95.9 cm³/mol. The molecule has 132 valence electrons. The first-order chi connectivity index (χ1) is 9.99. The van der Waals surface area contributed by atoms with Crippen molar-refractivity contribution >= 4 is 30.5 Å². The van der Waals surface area contributed by atoms with Crippen LogP contribution in [0.1, 0.15) is 31.9 Å². The third-order valence-electron chi connectivity index (χ3n) is 3.85. The van der Waals surface area contributed by atoms with Crippen molar-refractivity contribution in [2.24, 2.45) is 5.92 Å². The minimum atomic E-state index is -0.357. The van der Waals surface area contributed by atoms with E-state index in [4.69, 9.17) is 0 Å². The van der Waals surface area contributed by atoms with E-state index in [0.717, 1.165) is 32.6 Å². The van der Waals surface area contributed by atoms with E-state index in [1.165, 1.54) is 12.1 Å². The maximum absolute atomic E-state index is 11.3. The standard InChI is InChI=1S/C15H23N3O3.2ClH/c1-11(2)9-15(17-7-5-16-6-8-17)13-10-12(19)3-4-14(13)18(20)21;;/h3-4,10-11,15-16,19H,5-9H2,1-2H3;2*1H/t15-;;/m0../s1. The van der Waals surface area contributed by atoms with Gasteiger partial charge in [-0.05, 0) is 24.5 Å². The molecule has 0 radical (unpaired) electrons. The zero-order chi connectivity index (χ0) is 15.4. The Labute approximate surface area is 149 Å². The first-order valence-corrected chi connectivity index (χ1v) is 7.41. The van der Waals surface area contributed by atoms with Gasteiger partial charge in [-0.25, -0.2) is 0 Å². The van der Waals surface area contributed by atoms with Crippen LogP contribution >= 0.6 is 24.8 Å². The Kier molecular flexibility index (Phi) is 9.46. The van der Waals surface area contributed by atoms with Crippen molar-refractivity contribution < 1.29 is 10.0 Å². The summed E-state index contributed by atoms with van der Waals surface area (Å²) in [4.78, 5) is 13.2. The minimum absolute atomic E-state index is 0. The van der Waals surface area contributed by atoms with Gasteiger partial charge in [0.05, 0.1) is 10.5 Å². The van der Waals surface area contributed by atoms with Gasteiger partial charge in [-0.1, -0.05) is 13.8 Å². The molecule has 0 bridgehead atoms. The molecule has 0 aliphatic carbocycles. The average molecular weight is 366 g/mol. The molecule has 0 spiro atoms. The summed E-state index contributed by atoms with van der Waals surface area (Å²) in [6.07, 6.45) is 0.838. The van der Waals surface area contributed by atoms with Crippen molar-refractivity contribution in [2.45, 2.75) is 26.3 Å². The molecule has 0 amide bonds. The van der Waals surface area contributed by atoms with Gasteiger partial charge >= 0.3 is 0 Å². The van der Waals surface area contributed by atoms with E-state index in [1.54, 1.807) is 6.07 Å². The molecule has 1 aliphatic heterocycles. The first kappa shape index (κ1) is 21.9. The number of nitro groups is 1. The lowest BCUT2D eigenvalue weighted by Gasteiger charge is -2.36. The molecule has 0 aromatic heterocycles. The first-order valence-electron chi connectivity index (χ1n) is 7.41. The Bertz CT molecular complexity index is 509. The second-order valence-corrected chi connectivity index (χ2v) is 5.93. The zero-order valence-corrected chi connectivity index (χ0v) is 15.0. The molecule has 1 saturated heterocycles. The van der Waals surface area contributed by atoms with Gasteiger partial charge in [0.15, 0.2) is 0 Å². The van der Waals surface area contributed by atoms with Crippen molar-refractivity contribution in [3.8, 4) is 5.75 Å². The number of rotatable bonds is 5. The number of benzene rings is 1. The molecule has 2 N–H and O–H groups in total. The molecule has 23 heavy (non-hydrogen) atoms. The molecular formula is C15H25Cl2N3O3. The number of hydrogen-bond acceptors (Lipinski definition) is 5. The number of phenolic OH excluding ortho intramolecular Hbond substituents is 1. The van der Waals surface area contributed by atoms with E-state index < -0.39 is 0 Å². The van der Waals surface area contributed by atoms with E-state index in [9.17, 15) is 15.2 Å². The minimum Gasteiger partial charge on any atom is -0.508 e. The summed E-state index contributed by atoms with van der Waals surface area (Å²) < 4.78 is 0. The van der Waals surface area contributed by atoms with Crippen LogP contribution in [0.2, 0.25) is 0 Å². The summed E-state index contributed by atoms with van der Waals surface area (Å²) in [5.41, 5.74) is 0.715. The number of hydrogen-bond donors (Lipinski definition) is 2. The summed E-state index contributed by atoms with van der Waals surface area (Å²) >= 11 is 0. The van der Waals surface area contributed by atoms with Crippen LogP contribution in [-0.2, 0) is 0 Å². The summed E-state index contributed by atoms with van der Waals surface area (Å²) in [5.74, 6) is 0.506. The van der Waals surface area contributed by atoms with Crippen LogP contribution in [0.4, 0.5) is 5.69 Å². The molecule has 2 rings (SSSR count). The summed E-state index contributed by atoms with van der Waals surface area (Å²) in [6, 6.07) is 4.30. The fraction of sp³-hybridized carbons (Fsp3) is 0.600. The highest BCUT2D eigenvalue weighted by Crippen LogP contribution is 2.36. The van der Waals surface area contributed by atoms with Gasteiger partial charge in [-0.2, -0.15) is 0 Å². The number of nitrogens with zero attached hydrogens (tertiary/aromatic N) is 2. The van der Waals surface area contributed by atoms with Gasteiger partial charge in [-0.15, -0.1) is 24.8 Å². The lowest BCUT2D eigenvalue weighted by Crippen LogP contribution is -2.45. The Balaban J connectivity index is 0.00000242. The normalized spacial score (nSPS) is 16.3. The number of piperazine rings is 1. The van der Waals surface area contributed by atoms with Crippen molar-refractivity contribution in [3.63, 3.8) is 0 Å². The largest absolute Gasteiger partial charge is 0.508 e. The highest BCUT2D eigenvalue weighted by molar-refractivity contribution is 5.85. The predicted octanol–water partition coefficient (Wildman–Crippen LogP) is 3.14. The van der Waals surface area contributed by atoms with E-state index in [1.807, 2.05) is 0 Å². The maximum atomic E-state index is 11.3. The van der Waals surface area contributed by atoms with Crippen molar-refractivity contribution in [1.82, 2.24) is 10.2 Å². The van der Waals surface area contributed by atoms with Gasteiger partial charge in [0.1, 0.15) is 5.75 Å². The van der Waals surface area contributed by atoms with Crippen LogP contribution < -0.4 is 5.32 Å². The third kappa shape index (κ3) is 5.80. The number of nitrogens with one attached hydrogen (secondary N) is 1. The van der Waals surface area contributed by atoms with E-state index in [-0.39, 0.29) is 47.2 Å². The molecular weight excluding hydrogens is 341 g/mol. The van der Waals surface area contributed by atoms with Gasteiger partial charge in [0.25, 0.3) is 5.69 Å². The van der Waals surface area contributed by atoms with Crippen LogP contribution in [0.25, 0.3) is 0 Å². The Morgan fingerprint density at radius 1 is 1.30 bits per heavy atom. The number of phenols is 1. The monoisotopic (exact) mass is 365 g/mol. The van der Waals surface area contributed by atoms with E-state index in [0.29, 0.717) is 11.5 Å². The molecule has 8 heteroatoms. The van der Waals surface area contributed by atoms with Crippen molar-refractivity contribution in [1.29, 1.82) is 0 Å². The van der Waals surface area contributed by atoms with Gasteiger partial charge in [0.2, 0.25) is 0 Å². The second-order valence-electron chi connectivity index (χ2n) is 5.93. The third-order valence-corrected chi connectivity index (χ3v) is 3.85. The topological polar surface area (TPSA) is 78.6 Å². The smallest absolute Gasteiger partial charge is 0.274 e. The summed E-state index contributed by atoms with van der Waals surface area (Å²) in [5, 5.41) is 24.3. The molecule has 1 fully saturated rings. The lowest BCUT2D eigenvalue weighted by molar-refractivity contribution is -0.386. The second kappa shape index (κ2) is 9.93. The highest BCUT2D eigenvalue weighted by Gasteiger charge is 2.29. The quantitative estimate of drug-likeness (QED) is 0.618. The number of nitro benzene ring substituents is 1. The molecule has 1 aromatic carbocycles. The average Bonchev–Trinajstić information content (AvgIpc) is 2.45. The number of aromatic hydroxyl groups is 1. The Morgan fingerprint density at radius 3 is 2.43 bits per heavy atom. The van der Waals surface area contributed by atoms with Crippen LogP contribution in [0, 0.1) is 16.0 Å². The zero-order valence-electron chi connectivity index (χ0n) is 13.4. The fourth-order valence-corrected chi connectivity index (χ4v) is 2.89. The highest BCUT2D eigenvalue weighted by atomic mass is 35.5. The molecule has 1 atom stereocenters. The van der Waals surface area contributed by atoms with Gasteiger partial charge < -0.3 is 10.4 Å². The Morgan fingerprint density at radius 2 is 1.91 bits per heavy atom.